The summed E-state index contributed by atoms with van der Waals surface area (Å²) < 4.78 is 24.9. The van der Waals surface area contributed by atoms with Crippen LogP contribution in [0.2, 0.25) is 5.02 Å². The monoisotopic (exact) mass is 394 g/mol. The molecule has 1 amide bonds. The van der Waals surface area contributed by atoms with Gasteiger partial charge in [-0.15, -0.1) is 12.4 Å². The highest BCUT2D eigenvalue weighted by atomic mass is 35.5. The van der Waals surface area contributed by atoms with Gasteiger partial charge in [-0.3, -0.25) is 4.79 Å². The molecule has 0 unspecified atom stereocenters. The molecule has 1 saturated heterocycles. The van der Waals surface area contributed by atoms with E-state index >= 15 is 0 Å². The Morgan fingerprint density at radius 3 is 2.88 bits per heavy atom. The third-order valence-corrected chi connectivity index (χ3v) is 4.57. The third-order valence-electron chi connectivity index (χ3n) is 4.27. The lowest BCUT2D eigenvalue weighted by Gasteiger charge is -2.28. The standard InChI is InChI=1S/C17H24ClFN2O3.ClH/c1-17(2,23-3)16(22)21-10-12-9-20-6-7-24-15(12)11-4-5-13(18)14(19)8-11;/h4-5,8,12,15,20H,6-7,9-10H2,1-3H3,(H,21,22);1H/t12-,15-;/m0./s1. The molecule has 1 aromatic carbocycles. The minimum atomic E-state index is -0.902. The molecular weight excluding hydrogens is 370 g/mol. The van der Waals surface area contributed by atoms with Crippen LogP contribution >= 0.6 is 24.0 Å². The Morgan fingerprint density at radius 2 is 2.24 bits per heavy atom. The number of benzene rings is 1. The maximum absolute atomic E-state index is 13.8. The van der Waals surface area contributed by atoms with Crippen LogP contribution in [-0.2, 0) is 14.3 Å². The lowest BCUT2D eigenvalue weighted by Crippen LogP contribution is -2.46. The largest absolute Gasteiger partial charge is 0.372 e. The van der Waals surface area contributed by atoms with Crippen molar-refractivity contribution < 1.29 is 18.7 Å². The van der Waals surface area contributed by atoms with E-state index in [1.54, 1.807) is 19.9 Å². The number of carbonyl (C=O) groups excluding carboxylic acids is 1. The Kier molecular flexibility index (Phi) is 8.57. The van der Waals surface area contributed by atoms with Gasteiger partial charge in [-0.2, -0.15) is 0 Å². The minimum absolute atomic E-state index is 0. The van der Waals surface area contributed by atoms with Crippen molar-refractivity contribution in [1.82, 2.24) is 10.6 Å². The summed E-state index contributed by atoms with van der Waals surface area (Å²) in [5.74, 6) is -0.710. The zero-order valence-electron chi connectivity index (χ0n) is 14.6. The van der Waals surface area contributed by atoms with Crippen molar-refractivity contribution in [3.05, 3.63) is 34.6 Å². The summed E-state index contributed by atoms with van der Waals surface area (Å²) in [6, 6.07) is 4.68. The quantitative estimate of drug-likeness (QED) is 0.805. The molecule has 0 saturated carbocycles. The van der Waals surface area contributed by atoms with Crippen LogP contribution in [0.3, 0.4) is 0 Å². The van der Waals surface area contributed by atoms with E-state index in [-0.39, 0.29) is 35.4 Å². The predicted molar refractivity (Wildman–Crippen MR) is 97.8 cm³/mol. The number of hydrogen-bond acceptors (Lipinski definition) is 4. The van der Waals surface area contributed by atoms with E-state index in [4.69, 9.17) is 21.1 Å². The lowest BCUT2D eigenvalue weighted by atomic mass is 9.95. The Labute approximate surface area is 159 Å². The summed E-state index contributed by atoms with van der Waals surface area (Å²) in [5, 5.41) is 6.25. The minimum Gasteiger partial charge on any atom is -0.372 e. The summed E-state index contributed by atoms with van der Waals surface area (Å²) in [7, 11) is 1.50. The van der Waals surface area contributed by atoms with Gasteiger partial charge in [-0.05, 0) is 31.5 Å². The summed E-state index contributed by atoms with van der Waals surface area (Å²) in [6.07, 6.45) is -0.322. The molecular formula is C17H25Cl2FN2O3. The van der Waals surface area contributed by atoms with E-state index in [1.807, 2.05) is 0 Å². The van der Waals surface area contributed by atoms with Crippen molar-refractivity contribution in [3.63, 3.8) is 0 Å². The van der Waals surface area contributed by atoms with Crippen molar-refractivity contribution in [2.24, 2.45) is 5.92 Å². The number of amides is 1. The molecule has 1 aromatic rings. The Balaban J connectivity index is 0.00000312. The molecule has 1 fully saturated rings. The first kappa shape index (κ1) is 22.1. The molecule has 1 heterocycles. The van der Waals surface area contributed by atoms with Gasteiger partial charge < -0.3 is 20.1 Å². The first-order valence-electron chi connectivity index (χ1n) is 7.96. The normalized spacial score (nSPS) is 21.2. The van der Waals surface area contributed by atoms with E-state index < -0.39 is 11.4 Å². The smallest absolute Gasteiger partial charge is 0.251 e. The van der Waals surface area contributed by atoms with E-state index in [9.17, 15) is 9.18 Å². The Bertz CT molecular complexity index is 587. The van der Waals surface area contributed by atoms with Crippen molar-refractivity contribution in [2.45, 2.75) is 25.6 Å². The number of rotatable bonds is 5. The molecule has 142 valence electrons. The molecule has 0 spiro atoms. The Hall–Kier alpha value is -0.920. The lowest BCUT2D eigenvalue weighted by molar-refractivity contribution is -0.139. The first-order valence-corrected chi connectivity index (χ1v) is 8.33. The molecule has 1 aliphatic heterocycles. The van der Waals surface area contributed by atoms with E-state index in [0.717, 1.165) is 0 Å². The van der Waals surface area contributed by atoms with Crippen molar-refractivity contribution in [3.8, 4) is 0 Å². The third kappa shape index (κ3) is 5.79. The highest BCUT2D eigenvalue weighted by Crippen LogP contribution is 2.29. The second kappa shape index (κ2) is 9.69. The molecule has 1 aliphatic rings. The number of hydrogen-bond donors (Lipinski definition) is 2. The fourth-order valence-corrected chi connectivity index (χ4v) is 2.67. The van der Waals surface area contributed by atoms with Gasteiger partial charge >= 0.3 is 0 Å². The van der Waals surface area contributed by atoms with Crippen LogP contribution in [0.25, 0.3) is 0 Å². The van der Waals surface area contributed by atoms with Crippen LogP contribution in [0.4, 0.5) is 4.39 Å². The van der Waals surface area contributed by atoms with Crippen molar-refractivity contribution in [2.75, 3.05) is 33.4 Å². The van der Waals surface area contributed by atoms with Crippen molar-refractivity contribution >= 4 is 29.9 Å². The van der Waals surface area contributed by atoms with Crippen LogP contribution in [0, 0.1) is 11.7 Å². The second-order valence-electron chi connectivity index (χ2n) is 6.35. The average molecular weight is 395 g/mol. The molecule has 2 atom stereocenters. The van der Waals surface area contributed by atoms with E-state index in [0.29, 0.717) is 31.8 Å². The summed E-state index contributed by atoms with van der Waals surface area (Å²) in [6.45, 7) is 5.69. The molecule has 2 rings (SSSR count). The maximum Gasteiger partial charge on any atom is 0.251 e. The van der Waals surface area contributed by atoms with Crippen LogP contribution in [-0.4, -0.2) is 44.9 Å². The van der Waals surface area contributed by atoms with Gasteiger partial charge in [0, 0.05) is 32.7 Å². The van der Waals surface area contributed by atoms with Gasteiger partial charge in [-0.1, -0.05) is 17.7 Å². The molecule has 5 nitrogen and oxygen atoms in total. The maximum atomic E-state index is 13.8. The average Bonchev–Trinajstić information content (AvgIpc) is 2.80. The van der Waals surface area contributed by atoms with Gasteiger partial charge in [0.1, 0.15) is 11.4 Å². The van der Waals surface area contributed by atoms with Crippen LogP contribution < -0.4 is 10.6 Å². The van der Waals surface area contributed by atoms with E-state index in [2.05, 4.69) is 10.6 Å². The molecule has 25 heavy (non-hydrogen) atoms. The number of carbonyl (C=O) groups is 1. The molecule has 0 aliphatic carbocycles. The van der Waals surface area contributed by atoms with E-state index in [1.165, 1.54) is 19.2 Å². The van der Waals surface area contributed by atoms with Gasteiger partial charge in [0.05, 0.1) is 17.7 Å². The SMILES string of the molecule is COC(C)(C)C(=O)NC[C@@H]1CNCCO[C@H]1c1ccc(Cl)c(F)c1.Cl. The number of methoxy groups -OCH3 is 1. The second-order valence-corrected chi connectivity index (χ2v) is 6.76. The number of halogens is 3. The van der Waals surface area contributed by atoms with Crippen LogP contribution in [0.1, 0.15) is 25.5 Å². The zero-order chi connectivity index (χ0) is 17.7. The fraction of sp³-hybridized carbons (Fsp3) is 0.588. The fourth-order valence-electron chi connectivity index (χ4n) is 2.55. The highest BCUT2D eigenvalue weighted by molar-refractivity contribution is 6.30. The number of nitrogens with one attached hydrogen (secondary N) is 2. The van der Waals surface area contributed by atoms with Gasteiger partial charge in [0.25, 0.3) is 5.91 Å². The van der Waals surface area contributed by atoms with Crippen LogP contribution in [0.5, 0.6) is 0 Å². The number of ether oxygens (including phenoxy) is 2. The summed E-state index contributed by atoms with van der Waals surface area (Å²) in [4.78, 5) is 12.2. The molecule has 0 bridgehead atoms. The first-order chi connectivity index (χ1) is 11.3. The molecule has 0 radical (unpaired) electrons. The molecule has 8 heteroatoms. The predicted octanol–water partition coefficient (Wildman–Crippen LogP) is 2.72. The Morgan fingerprint density at radius 1 is 1.52 bits per heavy atom. The summed E-state index contributed by atoms with van der Waals surface area (Å²) >= 11 is 5.76. The molecule has 2 N–H and O–H groups in total. The van der Waals surface area contributed by atoms with Crippen LogP contribution in [0.15, 0.2) is 18.2 Å². The highest BCUT2D eigenvalue weighted by Gasteiger charge is 2.31. The van der Waals surface area contributed by atoms with Gasteiger partial charge in [-0.25, -0.2) is 4.39 Å². The molecule has 0 aromatic heterocycles. The van der Waals surface area contributed by atoms with Crippen molar-refractivity contribution in [1.29, 1.82) is 0 Å². The summed E-state index contributed by atoms with van der Waals surface area (Å²) in [5.41, 5.74) is -0.188. The zero-order valence-corrected chi connectivity index (χ0v) is 16.2. The van der Waals surface area contributed by atoms with Gasteiger partial charge in [0.2, 0.25) is 0 Å². The van der Waals surface area contributed by atoms with Gasteiger partial charge in [0.15, 0.2) is 0 Å². The topological polar surface area (TPSA) is 59.6 Å².